The van der Waals surface area contributed by atoms with Gasteiger partial charge in [0.15, 0.2) is 11.5 Å². The van der Waals surface area contributed by atoms with Crippen LogP contribution in [0.2, 0.25) is 0 Å². The molecule has 3 heterocycles. The molecule has 196 valence electrons. The molecular formula is C28H33N3O6. The van der Waals surface area contributed by atoms with Crippen molar-refractivity contribution in [2.75, 3.05) is 40.5 Å². The van der Waals surface area contributed by atoms with Crippen LogP contribution < -0.4 is 14.8 Å². The third-order valence-electron chi connectivity index (χ3n) is 7.67. The van der Waals surface area contributed by atoms with Crippen molar-refractivity contribution in [1.29, 1.82) is 0 Å². The number of carbonyl (C=O) groups excluding carboxylic acids is 3. The largest absolute Gasteiger partial charge is 0.493 e. The quantitative estimate of drug-likeness (QED) is 0.667. The monoisotopic (exact) mass is 507 g/mol. The van der Waals surface area contributed by atoms with Crippen molar-refractivity contribution in [3.63, 3.8) is 0 Å². The van der Waals surface area contributed by atoms with Gasteiger partial charge in [0.25, 0.3) is 5.91 Å². The Balaban J connectivity index is 1.47. The lowest BCUT2D eigenvalue weighted by Crippen LogP contribution is -2.52. The summed E-state index contributed by atoms with van der Waals surface area (Å²) in [4.78, 5) is 43.1. The molecule has 2 unspecified atom stereocenters. The van der Waals surface area contributed by atoms with E-state index in [4.69, 9.17) is 14.2 Å². The maximum absolute atomic E-state index is 14.0. The normalized spacial score (nSPS) is 20.9. The lowest BCUT2D eigenvalue weighted by molar-refractivity contribution is -0.125. The van der Waals surface area contributed by atoms with E-state index in [1.54, 1.807) is 32.1 Å². The molecule has 2 aromatic carbocycles. The van der Waals surface area contributed by atoms with Crippen molar-refractivity contribution in [3.05, 3.63) is 58.7 Å². The lowest BCUT2D eigenvalue weighted by Gasteiger charge is -2.45. The van der Waals surface area contributed by atoms with Crippen molar-refractivity contribution >= 4 is 17.9 Å². The van der Waals surface area contributed by atoms with Crippen molar-refractivity contribution in [3.8, 4) is 11.5 Å². The van der Waals surface area contributed by atoms with Crippen LogP contribution in [0.25, 0.3) is 0 Å². The van der Waals surface area contributed by atoms with E-state index in [9.17, 15) is 14.4 Å². The molecule has 1 N–H and O–H groups in total. The molecule has 3 amide bonds. The number of hydrogen-bond acceptors (Lipinski definition) is 6. The average Bonchev–Trinajstić information content (AvgIpc) is 2.92. The van der Waals surface area contributed by atoms with E-state index in [-0.39, 0.29) is 23.9 Å². The van der Waals surface area contributed by atoms with Crippen LogP contribution in [0.3, 0.4) is 0 Å². The van der Waals surface area contributed by atoms with Crippen molar-refractivity contribution < 1.29 is 28.6 Å². The highest BCUT2D eigenvalue weighted by Gasteiger charge is 2.47. The topological polar surface area (TPSA) is 97.4 Å². The zero-order valence-electron chi connectivity index (χ0n) is 21.5. The maximum Gasteiger partial charge on any atom is 0.409 e. The van der Waals surface area contributed by atoms with Gasteiger partial charge in [-0.05, 0) is 61.1 Å². The highest BCUT2D eigenvalue weighted by atomic mass is 16.6. The van der Waals surface area contributed by atoms with E-state index < -0.39 is 12.0 Å². The molecule has 0 aliphatic carbocycles. The molecule has 2 atom stereocenters. The maximum atomic E-state index is 14.0. The van der Waals surface area contributed by atoms with Gasteiger partial charge in [0, 0.05) is 31.2 Å². The van der Waals surface area contributed by atoms with Crippen molar-refractivity contribution in [2.24, 2.45) is 0 Å². The van der Waals surface area contributed by atoms with Crippen LogP contribution in [-0.2, 0) is 16.0 Å². The van der Waals surface area contributed by atoms with Gasteiger partial charge >= 0.3 is 6.09 Å². The van der Waals surface area contributed by atoms with E-state index in [2.05, 4.69) is 5.32 Å². The van der Waals surface area contributed by atoms with E-state index >= 15 is 0 Å². The summed E-state index contributed by atoms with van der Waals surface area (Å²) >= 11 is 0. The van der Waals surface area contributed by atoms with Crippen LogP contribution in [-0.4, -0.2) is 74.2 Å². The highest BCUT2D eigenvalue weighted by molar-refractivity contribution is 6.01. The number of methoxy groups -OCH3 is 2. The SMILES string of the molecule is CCOC(=O)N1CCC(NC(=O)C2c3ccccc3C(=O)N3CCc4cc(OC)c(OC)cc4C23)CC1. The fraction of sp³-hybridized carbons (Fsp3) is 0.464. The van der Waals surface area contributed by atoms with Crippen LogP contribution in [0.5, 0.6) is 11.5 Å². The molecule has 0 radical (unpaired) electrons. The van der Waals surface area contributed by atoms with Crippen molar-refractivity contribution in [1.82, 2.24) is 15.1 Å². The number of benzene rings is 2. The fourth-order valence-corrected chi connectivity index (χ4v) is 5.85. The van der Waals surface area contributed by atoms with Crippen LogP contribution >= 0.6 is 0 Å². The van der Waals surface area contributed by atoms with E-state index in [1.807, 2.05) is 35.2 Å². The van der Waals surface area contributed by atoms with Crippen LogP contribution in [0.4, 0.5) is 4.79 Å². The molecule has 1 saturated heterocycles. The van der Waals surface area contributed by atoms with E-state index in [0.29, 0.717) is 62.6 Å². The number of nitrogens with one attached hydrogen (secondary N) is 1. The zero-order chi connectivity index (χ0) is 26.1. The molecule has 3 aliphatic heterocycles. The summed E-state index contributed by atoms with van der Waals surface area (Å²) in [5, 5.41) is 3.24. The van der Waals surface area contributed by atoms with Crippen LogP contribution in [0, 0.1) is 0 Å². The predicted molar refractivity (Wildman–Crippen MR) is 136 cm³/mol. The first-order valence-electron chi connectivity index (χ1n) is 12.8. The van der Waals surface area contributed by atoms with Gasteiger partial charge in [0.2, 0.25) is 5.91 Å². The van der Waals surface area contributed by atoms with Gasteiger partial charge in [-0.3, -0.25) is 9.59 Å². The summed E-state index contributed by atoms with van der Waals surface area (Å²) in [6, 6.07) is 10.7. The third kappa shape index (κ3) is 4.47. The van der Waals surface area contributed by atoms with Crippen LogP contribution in [0.1, 0.15) is 58.8 Å². The molecule has 3 aliphatic rings. The first-order chi connectivity index (χ1) is 18.0. The van der Waals surface area contributed by atoms with Gasteiger partial charge in [-0.15, -0.1) is 0 Å². The molecule has 9 heteroatoms. The Bertz CT molecular complexity index is 1210. The molecule has 1 fully saturated rings. The van der Waals surface area contributed by atoms with E-state index in [0.717, 1.165) is 16.7 Å². The number of amides is 3. The average molecular weight is 508 g/mol. The number of likely N-dealkylation sites (tertiary alicyclic amines) is 1. The van der Waals surface area contributed by atoms with Gasteiger partial charge < -0.3 is 29.3 Å². The van der Waals surface area contributed by atoms with Gasteiger partial charge in [-0.1, -0.05) is 18.2 Å². The highest BCUT2D eigenvalue weighted by Crippen LogP contribution is 2.48. The minimum Gasteiger partial charge on any atom is -0.493 e. The van der Waals surface area contributed by atoms with Gasteiger partial charge in [-0.2, -0.15) is 0 Å². The molecule has 37 heavy (non-hydrogen) atoms. The molecule has 2 aromatic rings. The lowest BCUT2D eigenvalue weighted by atomic mass is 9.75. The first-order valence-corrected chi connectivity index (χ1v) is 12.8. The zero-order valence-corrected chi connectivity index (χ0v) is 21.5. The van der Waals surface area contributed by atoms with Crippen LogP contribution in [0.15, 0.2) is 36.4 Å². The van der Waals surface area contributed by atoms with Gasteiger partial charge in [-0.25, -0.2) is 4.79 Å². The Hall–Kier alpha value is -3.75. The molecule has 0 aromatic heterocycles. The molecule has 0 spiro atoms. The minimum atomic E-state index is -0.575. The van der Waals surface area contributed by atoms with Gasteiger partial charge in [0.05, 0.1) is 32.8 Å². The second-order valence-corrected chi connectivity index (χ2v) is 9.63. The Morgan fingerprint density at radius 3 is 2.41 bits per heavy atom. The minimum absolute atomic E-state index is 0.0622. The molecular weight excluding hydrogens is 474 g/mol. The predicted octanol–water partition coefficient (Wildman–Crippen LogP) is 3.28. The first kappa shape index (κ1) is 24.9. The fourth-order valence-electron chi connectivity index (χ4n) is 5.85. The number of rotatable bonds is 5. The second kappa shape index (κ2) is 10.3. The Kier molecular flexibility index (Phi) is 6.95. The smallest absolute Gasteiger partial charge is 0.409 e. The van der Waals surface area contributed by atoms with Crippen molar-refractivity contribution in [2.45, 2.75) is 44.2 Å². The third-order valence-corrected chi connectivity index (χ3v) is 7.67. The van der Waals surface area contributed by atoms with E-state index in [1.165, 1.54) is 0 Å². The number of nitrogens with zero attached hydrogens (tertiary/aromatic N) is 2. The summed E-state index contributed by atoms with van der Waals surface area (Å²) < 4.78 is 16.2. The Labute approximate surface area is 216 Å². The number of piperidine rings is 1. The number of fused-ring (bicyclic) bond motifs is 4. The molecule has 5 rings (SSSR count). The Morgan fingerprint density at radius 2 is 1.70 bits per heavy atom. The summed E-state index contributed by atoms with van der Waals surface area (Å²) in [7, 11) is 3.18. The summed E-state index contributed by atoms with van der Waals surface area (Å²) in [6.07, 6.45) is 1.65. The standard InChI is InChI=1S/C28H33N3O6/c1-4-37-28(34)30-12-10-18(11-13-30)29-26(32)24-19-7-5-6-8-20(19)27(33)31-14-9-17-15-22(35-2)23(36-3)16-21(17)25(24)31/h5-8,15-16,18,24-25H,4,9-14H2,1-3H3,(H,29,32). The number of ether oxygens (including phenoxy) is 3. The molecule has 0 saturated carbocycles. The summed E-state index contributed by atoms with van der Waals surface area (Å²) in [6.45, 7) is 3.70. The summed E-state index contributed by atoms with van der Waals surface area (Å²) in [5.74, 6) is 0.445. The molecule has 9 nitrogen and oxygen atoms in total. The number of hydrogen-bond donors (Lipinski definition) is 1. The molecule has 0 bridgehead atoms. The summed E-state index contributed by atoms with van der Waals surface area (Å²) in [5.41, 5.74) is 3.26. The second-order valence-electron chi connectivity index (χ2n) is 9.63. The number of carbonyl (C=O) groups is 3. The Morgan fingerprint density at radius 1 is 1.00 bits per heavy atom. The van der Waals surface area contributed by atoms with Gasteiger partial charge in [0.1, 0.15) is 0 Å².